The Kier molecular flexibility index (Phi) is 3.93. The van der Waals surface area contributed by atoms with Crippen LogP contribution >= 0.6 is 11.6 Å². The first kappa shape index (κ1) is 17.2. The number of fused-ring (bicyclic) bond motifs is 1. The van der Waals surface area contributed by atoms with Gasteiger partial charge in [-0.05, 0) is 23.8 Å². The number of nitrogens with zero attached hydrogens (tertiary/aromatic N) is 3. The van der Waals surface area contributed by atoms with Crippen LogP contribution in [0.1, 0.15) is 0 Å². The number of benzene rings is 2. The SMILES string of the molecule is Cn1c(=O)c2c(-c3ccccc3)n(-c3cc(Cl)ccc3O)cc2n(C)c1=O. The number of hydrogen-bond acceptors (Lipinski definition) is 3. The highest BCUT2D eigenvalue weighted by Crippen LogP contribution is 2.34. The Hall–Kier alpha value is -3.25. The molecule has 0 atom stereocenters. The lowest BCUT2D eigenvalue weighted by atomic mass is 10.1. The van der Waals surface area contributed by atoms with Gasteiger partial charge in [-0.25, -0.2) is 4.79 Å². The molecule has 2 heterocycles. The first-order valence-electron chi connectivity index (χ1n) is 8.25. The fraction of sp³-hybridized carbons (Fsp3) is 0.100. The number of hydrogen-bond donors (Lipinski definition) is 1. The molecule has 4 aromatic rings. The summed E-state index contributed by atoms with van der Waals surface area (Å²) >= 11 is 6.13. The van der Waals surface area contributed by atoms with Gasteiger partial charge in [0.25, 0.3) is 5.56 Å². The van der Waals surface area contributed by atoms with E-state index in [-0.39, 0.29) is 5.75 Å². The third-order valence-electron chi connectivity index (χ3n) is 4.68. The van der Waals surface area contributed by atoms with Crippen molar-refractivity contribution in [1.29, 1.82) is 0 Å². The number of phenols is 1. The van der Waals surface area contributed by atoms with Crippen LogP contribution in [-0.4, -0.2) is 18.8 Å². The van der Waals surface area contributed by atoms with Gasteiger partial charge in [0.1, 0.15) is 5.75 Å². The van der Waals surface area contributed by atoms with Crippen molar-refractivity contribution in [3.05, 3.63) is 80.6 Å². The van der Waals surface area contributed by atoms with Crippen molar-refractivity contribution in [2.45, 2.75) is 0 Å². The first-order valence-corrected chi connectivity index (χ1v) is 8.63. The van der Waals surface area contributed by atoms with Crippen LogP contribution < -0.4 is 11.2 Å². The van der Waals surface area contributed by atoms with Crippen LogP contribution in [0.4, 0.5) is 0 Å². The van der Waals surface area contributed by atoms with E-state index in [0.717, 1.165) is 10.1 Å². The molecule has 0 saturated heterocycles. The molecule has 0 aliphatic rings. The van der Waals surface area contributed by atoms with Crippen LogP contribution in [0.2, 0.25) is 5.02 Å². The highest BCUT2D eigenvalue weighted by molar-refractivity contribution is 6.30. The summed E-state index contributed by atoms with van der Waals surface area (Å²) in [7, 11) is 3.06. The zero-order chi connectivity index (χ0) is 19.3. The average molecular weight is 382 g/mol. The largest absolute Gasteiger partial charge is 0.506 e. The fourth-order valence-corrected chi connectivity index (χ4v) is 3.47. The van der Waals surface area contributed by atoms with E-state index in [2.05, 4.69) is 0 Å². The summed E-state index contributed by atoms with van der Waals surface area (Å²) in [6, 6.07) is 14.0. The lowest BCUT2D eigenvalue weighted by Gasteiger charge is -2.12. The molecule has 4 rings (SSSR count). The maximum Gasteiger partial charge on any atom is 0.330 e. The normalized spacial score (nSPS) is 11.2. The van der Waals surface area contributed by atoms with Crippen molar-refractivity contribution >= 4 is 22.5 Å². The van der Waals surface area contributed by atoms with Gasteiger partial charge in [0, 0.05) is 25.3 Å². The number of halogens is 1. The minimum Gasteiger partial charge on any atom is -0.506 e. The van der Waals surface area contributed by atoms with Crippen molar-refractivity contribution in [3.63, 3.8) is 0 Å². The Bertz CT molecular complexity index is 1300. The van der Waals surface area contributed by atoms with Gasteiger partial charge < -0.3 is 9.67 Å². The molecule has 0 aliphatic carbocycles. The molecule has 6 nitrogen and oxygen atoms in total. The van der Waals surface area contributed by atoms with Gasteiger partial charge in [-0.2, -0.15) is 0 Å². The number of aromatic nitrogens is 3. The zero-order valence-corrected chi connectivity index (χ0v) is 15.4. The molecule has 136 valence electrons. The molecule has 0 bridgehead atoms. The van der Waals surface area contributed by atoms with E-state index in [4.69, 9.17) is 11.6 Å². The average Bonchev–Trinajstić information content (AvgIpc) is 3.07. The molecule has 2 aromatic heterocycles. The van der Waals surface area contributed by atoms with Crippen LogP contribution in [0, 0.1) is 0 Å². The van der Waals surface area contributed by atoms with Gasteiger partial charge in [-0.15, -0.1) is 0 Å². The molecule has 0 radical (unpaired) electrons. The van der Waals surface area contributed by atoms with Crippen LogP contribution in [0.3, 0.4) is 0 Å². The zero-order valence-electron chi connectivity index (χ0n) is 14.7. The Morgan fingerprint density at radius 1 is 0.963 bits per heavy atom. The van der Waals surface area contributed by atoms with Gasteiger partial charge in [0.15, 0.2) is 0 Å². The summed E-state index contributed by atoms with van der Waals surface area (Å²) in [5.41, 5.74) is 1.45. The number of aryl methyl sites for hydroxylation is 1. The van der Waals surface area contributed by atoms with Gasteiger partial charge in [-0.3, -0.25) is 13.9 Å². The van der Waals surface area contributed by atoms with Crippen molar-refractivity contribution in [2.75, 3.05) is 0 Å². The summed E-state index contributed by atoms with van der Waals surface area (Å²) in [4.78, 5) is 25.3. The number of rotatable bonds is 2. The lowest BCUT2D eigenvalue weighted by Crippen LogP contribution is -2.36. The molecule has 1 N–H and O–H groups in total. The molecule has 27 heavy (non-hydrogen) atoms. The predicted molar refractivity (Wildman–Crippen MR) is 106 cm³/mol. The maximum atomic E-state index is 12.9. The molecule has 7 heteroatoms. The second-order valence-electron chi connectivity index (χ2n) is 6.31. The van der Waals surface area contributed by atoms with E-state index in [9.17, 15) is 14.7 Å². The maximum absolute atomic E-state index is 12.9. The van der Waals surface area contributed by atoms with E-state index >= 15 is 0 Å². The molecule has 0 spiro atoms. The van der Waals surface area contributed by atoms with E-state index in [1.54, 1.807) is 29.9 Å². The van der Waals surface area contributed by atoms with Crippen molar-refractivity contribution < 1.29 is 5.11 Å². The second-order valence-corrected chi connectivity index (χ2v) is 6.75. The van der Waals surface area contributed by atoms with E-state index < -0.39 is 11.2 Å². The summed E-state index contributed by atoms with van der Waals surface area (Å²) in [6.45, 7) is 0. The molecule has 0 amide bonds. The predicted octanol–water partition coefficient (Wildman–Crippen LogP) is 3.05. The molecule has 2 aromatic carbocycles. The third-order valence-corrected chi connectivity index (χ3v) is 4.92. The van der Waals surface area contributed by atoms with Crippen LogP contribution in [0.15, 0.2) is 64.3 Å². The van der Waals surface area contributed by atoms with Crippen LogP contribution in [0.5, 0.6) is 5.75 Å². The smallest absolute Gasteiger partial charge is 0.330 e. The number of phenolic OH excluding ortho intramolecular Hbond substituents is 1. The first-order chi connectivity index (χ1) is 12.9. The van der Waals surface area contributed by atoms with E-state index in [0.29, 0.717) is 27.3 Å². The Morgan fingerprint density at radius 2 is 1.67 bits per heavy atom. The van der Waals surface area contributed by atoms with Crippen molar-refractivity contribution in [3.8, 4) is 22.7 Å². The van der Waals surface area contributed by atoms with E-state index in [1.807, 2.05) is 30.3 Å². The molecule has 0 unspecified atom stereocenters. The monoisotopic (exact) mass is 381 g/mol. The Balaban J connectivity index is 2.25. The lowest BCUT2D eigenvalue weighted by molar-refractivity contribution is 0.472. The van der Waals surface area contributed by atoms with Crippen LogP contribution in [-0.2, 0) is 14.1 Å². The highest BCUT2D eigenvalue weighted by atomic mass is 35.5. The summed E-state index contributed by atoms with van der Waals surface area (Å²) < 4.78 is 4.19. The second kappa shape index (κ2) is 6.17. The van der Waals surface area contributed by atoms with Gasteiger partial charge in [0.05, 0.1) is 22.3 Å². The Labute approximate surface area is 159 Å². The summed E-state index contributed by atoms with van der Waals surface area (Å²) in [5, 5.41) is 11.2. The highest BCUT2D eigenvalue weighted by Gasteiger charge is 2.21. The molecular formula is C20H16ClN3O3. The van der Waals surface area contributed by atoms with E-state index in [1.165, 1.54) is 17.7 Å². The summed E-state index contributed by atoms with van der Waals surface area (Å²) in [5.74, 6) is 0.0127. The standard InChI is InChI=1S/C20H16ClN3O3/c1-22-15-11-24(14-10-13(21)8-9-16(14)25)18(12-6-4-3-5-7-12)17(15)19(26)23(2)20(22)27/h3-11,25H,1-2H3. The van der Waals surface area contributed by atoms with Crippen LogP contribution in [0.25, 0.3) is 27.8 Å². The van der Waals surface area contributed by atoms with Gasteiger partial charge in [0.2, 0.25) is 0 Å². The number of aromatic hydroxyl groups is 1. The molecule has 0 aliphatic heterocycles. The van der Waals surface area contributed by atoms with Gasteiger partial charge >= 0.3 is 5.69 Å². The molecular weight excluding hydrogens is 366 g/mol. The minimum absolute atomic E-state index is 0.0127. The topological polar surface area (TPSA) is 69.2 Å². The fourth-order valence-electron chi connectivity index (χ4n) is 3.30. The van der Waals surface area contributed by atoms with Crippen molar-refractivity contribution in [2.24, 2.45) is 14.1 Å². The minimum atomic E-state index is -0.417. The van der Waals surface area contributed by atoms with Crippen molar-refractivity contribution in [1.82, 2.24) is 13.7 Å². The molecule has 0 saturated carbocycles. The third kappa shape index (κ3) is 2.57. The quantitative estimate of drug-likeness (QED) is 0.580. The molecule has 0 fully saturated rings. The Morgan fingerprint density at radius 3 is 2.37 bits per heavy atom. The van der Waals surface area contributed by atoms with Gasteiger partial charge in [-0.1, -0.05) is 41.9 Å². The summed E-state index contributed by atoms with van der Waals surface area (Å²) in [6.07, 6.45) is 1.67.